The molecule has 0 aromatic heterocycles. The molecule has 0 N–H and O–H groups in total. The van der Waals surface area contributed by atoms with Crippen LogP contribution in [0.1, 0.15) is 40.0 Å². The van der Waals surface area contributed by atoms with Gasteiger partial charge in [-0.05, 0) is 37.9 Å². The van der Waals surface area contributed by atoms with Gasteiger partial charge in [0.1, 0.15) is 0 Å². The van der Waals surface area contributed by atoms with Crippen LogP contribution in [-0.4, -0.2) is 44.4 Å². The Morgan fingerprint density at radius 1 is 1.35 bits per heavy atom. The first kappa shape index (κ1) is 13.6. The van der Waals surface area contributed by atoms with Crippen LogP contribution in [0.3, 0.4) is 0 Å². The van der Waals surface area contributed by atoms with Gasteiger partial charge in [-0.2, -0.15) is 0 Å². The van der Waals surface area contributed by atoms with Crippen LogP contribution in [0, 0.1) is 0 Å². The van der Waals surface area contributed by atoms with Gasteiger partial charge in [-0.3, -0.25) is 4.90 Å². The van der Waals surface area contributed by atoms with Crippen LogP contribution in [0.25, 0.3) is 0 Å². The summed E-state index contributed by atoms with van der Waals surface area (Å²) >= 11 is 0. The Morgan fingerprint density at radius 3 is 2.47 bits per heavy atom. The Labute approximate surface area is 108 Å². The number of nitrogens with zero attached hydrogens (tertiary/aromatic N) is 1. The highest BCUT2D eigenvalue weighted by atomic mass is 28.3. The van der Waals surface area contributed by atoms with Crippen LogP contribution in [0.5, 0.6) is 0 Å². The highest BCUT2D eigenvalue weighted by molar-refractivity contribution is 6.80. The summed E-state index contributed by atoms with van der Waals surface area (Å²) in [6.45, 7) is 13.3. The van der Waals surface area contributed by atoms with Crippen LogP contribution in [-0.2, 0) is 4.74 Å². The van der Waals surface area contributed by atoms with Crippen molar-refractivity contribution in [1.82, 2.24) is 4.90 Å². The zero-order valence-electron chi connectivity index (χ0n) is 12.5. The molecule has 2 aliphatic rings. The predicted octanol–water partition coefficient (Wildman–Crippen LogP) is 3.29. The molecule has 2 nitrogen and oxygen atoms in total. The number of likely N-dealkylation sites (tertiary alicyclic amines) is 1. The molecule has 1 saturated carbocycles. The molecule has 3 heteroatoms. The second kappa shape index (κ2) is 4.07. The molecule has 1 saturated heterocycles. The number of rotatable bonds is 3. The lowest BCUT2D eigenvalue weighted by Crippen LogP contribution is -2.43. The molecule has 17 heavy (non-hydrogen) atoms. The van der Waals surface area contributed by atoms with Crippen LogP contribution in [0.4, 0.5) is 0 Å². The Hall–Kier alpha value is 0.137. The summed E-state index contributed by atoms with van der Waals surface area (Å²) in [5.41, 5.74) is 0.447. The molecule has 2 fully saturated rings. The molecule has 2 atom stereocenters. The highest BCUT2D eigenvalue weighted by Crippen LogP contribution is 2.51. The molecule has 1 aliphatic carbocycles. The normalized spacial score (nSPS) is 34.6. The van der Waals surface area contributed by atoms with E-state index in [0.717, 1.165) is 6.23 Å². The average molecular weight is 255 g/mol. The largest absolute Gasteiger partial charge is 0.380 e. The molecule has 0 amide bonds. The minimum absolute atomic E-state index is 0.441. The third kappa shape index (κ3) is 2.34. The summed E-state index contributed by atoms with van der Waals surface area (Å²) in [6, 6.07) is 0. The smallest absolute Gasteiger partial charge is 0.0829 e. The topological polar surface area (TPSA) is 12.5 Å². The minimum atomic E-state index is -1.26. The van der Waals surface area contributed by atoms with E-state index in [4.69, 9.17) is 4.74 Å². The standard InChI is InChI=1S/C14H29NOSi/c1-13(2,3)17(5,6)11-16-12-10-14(12)8-7-9-15(14)4/h12H,7-11H2,1-6H3. The third-order valence-electron chi connectivity index (χ3n) is 5.52. The number of likely N-dealkylation sites (N-methyl/N-ethyl adjacent to an activating group) is 1. The lowest BCUT2D eigenvalue weighted by Gasteiger charge is -2.36. The first-order valence-corrected chi connectivity index (χ1v) is 10.2. The summed E-state index contributed by atoms with van der Waals surface area (Å²) in [6.07, 6.45) is 5.54. The van der Waals surface area contributed by atoms with Gasteiger partial charge in [-0.1, -0.05) is 33.9 Å². The molecular formula is C14H29NOSi. The van der Waals surface area contributed by atoms with Gasteiger partial charge in [-0.15, -0.1) is 0 Å². The van der Waals surface area contributed by atoms with Crippen molar-refractivity contribution in [3.8, 4) is 0 Å². The Bertz CT molecular complexity index is 297. The van der Waals surface area contributed by atoms with E-state index in [9.17, 15) is 0 Å². The molecule has 0 aromatic carbocycles. The van der Waals surface area contributed by atoms with Crippen molar-refractivity contribution in [3.63, 3.8) is 0 Å². The highest BCUT2D eigenvalue weighted by Gasteiger charge is 2.60. The molecule has 0 bridgehead atoms. The average Bonchev–Trinajstić information content (AvgIpc) is 2.76. The van der Waals surface area contributed by atoms with Gasteiger partial charge in [-0.25, -0.2) is 0 Å². The molecular weight excluding hydrogens is 226 g/mol. The number of ether oxygens (including phenoxy) is 1. The molecule has 100 valence electrons. The van der Waals surface area contributed by atoms with Crippen molar-refractivity contribution in [2.24, 2.45) is 0 Å². The van der Waals surface area contributed by atoms with E-state index in [1.54, 1.807) is 0 Å². The Morgan fingerprint density at radius 2 is 2.00 bits per heavy atom. The summed E-state index contributed by atoms with van der Waals surface area (Å²) in [7, 11) is 1.01. The molecule has 2 rings (SSSR count). The third-order valence-corrected chi connectivity index (χ3v) is 10.5. The second-order valence-corrected chi connectivity index (χ2v) is 13.3. The minimum Gasteiger partial charge on any atom is -0.380 e. The predicted molar refractivity (Wildman–Crippen MR) is 76.1 cm³/mol. The first-order valence-electron chi connectivity index (χ1n) is 7.02. The van der Waals surface area contributed by atoms with Gasteiger partial charge in [0, 0.05) is 11.8 Å². The first-order chi connectivity index (χ1) is 7.69. The fraction of sp³-hybridized carbons (Fsp3) is 1.00. The van der Waals surface area contributed by atoms with E-state index in [1.807, 2.05) is 0 Å². The van der Waals surface area contributed by atoms with Crippen LogP contribution < -0.4 is 0 Å². The van der Waals surface area contributed by atoms with Crippen molar-refractivity contribution < 1.29 is 4.74 Å². The van der Waals surface area contributed by atoms with E-state index in [1.165, 1.54) is 25.8 Å². The van der Waals surface area contributed by atoms with E-state index < -0.39 is 8.07 Å². The van der Waals surface area contributed by atoms with Crippen LogP contribution >= 0.6 is 0 Å². The van der Waals surface area contributed by atoms with Gasteiger partial charge >= 0.3 is 0 Å². The van der Waals surface area contributed by atoms with Gasteiger partial charge in [0.15, 0.2) is 0 Å². The summed E-state index contributed by atoms with van der Waals surface area (Å²) in [4.78, 5) is 2.53. The van der Waals surface area contributed by atoms with Crippen LogP contribution in [0.2, 0.25) is 18.1 Å². The molecule has 0 aromatic rings. The number of hydrogen-bond acceptors (Lipinski definition) is 2. The summed E-state index contributed by atoms with van der Waals surface area (Å²) in [5.74, 6) is 0. The van der Waals surface area contributed by atoms with Gasteiger partial charge < -0.3 is 4.74 Å². The lowest BCUT2D eigenvalue weighted by atomic mass is 10.2. The Balaban J connectivity index is 1.85. The van der Waals surface area contributed by atoms with Crippen LogP contribution in [0.15, 0.2) is 0 Å². The van der Waals surface area contributed by atoms with Crippen molar-refractivity contribution in [2.75, 3.05) is 19.8 Å². The van der Waals surface area contributed by atoms with Gasteiger partial charge in [0.2, 0.25) is 0 Å². The zero-order valence-corrected chi connectivity index (χ0v) is 13.5. The zero-order chi connectivity index (χ0) is 12.9. The second-order valence-electron chi connectivity index (χ2n) is 7.77. The summed E-state index contributed by atoms with van der Waals surface area (Å²) in [5, 5.41) is 0.441. The quantitative estimate of drug-likeness (QED) is 0.718. The molecule has 2 unspecified atom stereocenters. The van der Waals surface area contributed by atoms with E-state index in [2.05, 4.69) is 45.8 Å². The maximum absolute atomic E-state index is 6.27. The van der Waals surface area contributed by atoms with E-state index >= 15 is 0 Å². The van der Waals surface area contributed by atoms with Crippen molar-refractivity contribution in [1.29, 1.82) is 0 Å². The summed E-state index contributed by atoms with van der Waals surface area (Å²) < 4.78 is 6.27. The maximum Gasteiger partial charge on any atom is 0.0829 e. The monoisotopic (exact) mass is 255 g/mol. The molecule has 1 aliphatic heterocycles. The van der Waals surface area contributed by atoms with Crippen molar-refractivity contribution >= 4 is 8.07 Å². The van der Waals surface area contributed by atoms with Gasteiger partial charge in [0.25, 0.3) is 0 Å². The number of hydrogen-bond donors (Lipinski definition) is 0. The van der Waals surface area contributed by atoms with Gasteiger partial charge in [0.05, 0.1) is 14.2 Å². The Kier molecular flexibility index (Phi) is 3.25. The fourth-order valence-electron chi connectivity index (χ4n) is 2.70. The maximum atomic E-state index is 6.27. The molecule has 0 radical (unpaired) electrons. The van der Waals surface area contributed by atoms with Crippen molar-refractivity contribution in [3.05, 3.63) is 0 Å². The van der Waals surface area contributed by atoms with E-state index in [0.29, 0.717) is 16.7 Å². The van der Waals surface area contributed by atoms with Crippen molar-refractivity contribution in [2.45, 2.75) is 69.8 Å². The lowest BCUT2D eigenvalue weighted by molar-refractivity contribution is 0.105. The van der Waals surface area contributed by atoms with E-state index in [-0.39, 0.29) is 0 Å². The molecule has 1 spiro atoms. The SMILES string of the molecule is CN1CCCC12CC2OC[Si](C)(C)C(C)(C)C. The fourth-order valence-corrected chi connectivity index (χ4v) is 3.75. The molecule has 1 heterocycles.